The molecule has 148 valence electrons. The second-order valence-electron chi connectivity index (χ2n) is 8.10. The number of nitrogens with one attached hydrogen (secondary N) is 1. The number of rotatable bonds is 8. The fourth-order valence-corrected chi connectivity index (χ4v) is 2.48. The van der Waals surface area contributed by atoms with Gasteiger partial charge < -0.3 is 15.0 Å². The second-order valence-corrected chi connectivity index (χ2v) is 8.10. The largest absolute Gasteiger partial charge is 0.444 e. The van der Waals surface area contributed by atoms with Gasteiger partial charge in [0.05, 0.1) is 0 Å². The summed E-state index contributed by atoms with van der Waals surface area (Å²) in [5, 5.41) is 2.73. The molecule has 5 nitrogen and oxygen atoms in total. The fraction of sp³-hybridized carbons (Fsp3) is 0.455. The lowest BCUT2D eigenvalue weighted by molar-refractivity contribution is -0.135. The number of hydrogen-bond acceptors (Lipinski definition) is 3. The van der Waals surface area contributed by atoms with E-state index >= 15 is 0 Å². The molecule has 5 heteroatoms. The topological polar surface area (TPSA) is 58.6 Å². The summed E-state index contributed by atoms with van der Waals surface area (Å²) in [5.74, 6) is -0.213. The molecule has 1 aromatic carbocycles. The monoisotopic (exact) mass is 372 g/mol. The van der Waals surface area contributed by atoms with Crippen LogP contribution in [0.15, 0.2) is 55.6 Å². The maximum atomic E-state index is 13.3. The highest BCUT2D eigenvalue weighted by atomic mass is 16.6. The molecule has 0 unspecified atom stereocenters. The zero-order valence-corrected chi connectivity index (χ0v) is 17.1. The third-order valence-corrected chi connectivity index (χ3v) is 4.06. The molecule has 0 saturated heterocycles. The van der Waals surface area contributed by atoms with Crippen molar-refractivity contribution in [3.63, 3.8) is 0 Å². The van der Waals surface area contributed by atoms with Gasteiger partial charge in [0.15, 0.2) is 0 Å². The molecule has 0 aliphatic heterocycles. The van der Waals surface area contributed by atoms with Gasteiger partial charge in [0.25, 0.3) is 0 Å². The molecule has 0 fully saturated rings. The molecular formula is C22H32N2O3. The predicted octanol–water partition coefficient (Wildman–Crippen LogP) is 4.31. The van der Waals surface area contributed by atoms with Crippen LogP contribution in [0.5, 0.6) is 0 Å². The quantitative estimate of drug-likeness (QED) is 0.692. The number of benzene rings is 1. The van der Waals surface area contributed by atoms with E-state index in [-0.39, 0.29) is 5.91 Å². The lowest BCUT2D eigenvalue weighted by atomic mass is 9.83. The van der Waals surface area contributed by atoms with Crippen LogP contribution in [0, 0.1) is 5.41 Å². The number of alkyl carbamates (subject to hydrolysis) is 1. The first-order valence-electron chi connectivity index (χ1n) is 9.07. The number of ether oxygens (including phenoxy) is 1. The van der Waals surface area contributed by atoms with Gasteiger partial charge in [-0.25, -0.2) is 4.79 Å². The van der Waals surface area contributed by atoms with E-state index < -0.39 is 23.2 Å². The summed E-state index contributed by atoms with van der Waals surface area (Å²) < 4.78 is 5.34. The summed E-state index contributed by atoms with van der Waals surface area (Å²) >= 11 is 0. The maximum Gasteiger partial charge on any atom is 0.408 e. The van der Waals surface area contributed by atoms with Crippen LogP contribution in [0.3, 0.4) is 0 Å². The minimum atomic E-state index is -0.812. The first-order chi connectivity index (χ1) is 12.5. The molecule has 1 rings (SSSR count). The summed E-state index contributed by atoms with van der Waals surface area (Å²) in [6.07, 6.45) is 2.71. The van der Waals surface area contributed by atoms with E-state index in [1.807, 2.05) is 44.2 Å². The molecule has 1 aromatic rings. The van der Waals surface area contributed by atoms with Gasteiger partial charge in [0.1, 0.15) is 11.6 Å². The zero-order chi connectivity index (χ0) is 20.7. The van der Waals surface area contributed by atoms with Gasteiger partial charge in [-0.3, -0.25) is 4.79 Å². The maximum absolute atomic E-state index is 13.3. The third-order valence-electron chi connectivity index (χ3n) is 4.06. The molecule has 0 aliphatic rings. The minimum Gasteiger partial charge on any atom is -0.444 e. The Bertz CT molecular complexity index is 660. The van der Waals surface area contributed by atoms with Gasteiger partial charge in [0.2, 0.25) is 5.91 Å². The Hall–Kier alpha value is -2.56. The van der Waals surface area contributed by atoms with E-state index in [1.165, 1.54) is 0 Å². The molecule has 27 heavy (non-hydrogen) atoms. The van der Waals surface area contributed by atoms with Crippen LogP contribution >= 0.6 is 0 Å². The van der Waals surface area contributed by atoms with E-state index in [2.05, 4.69) is 18.5 Å². The van der Waals surface area contributed by atoms with Crippen molar-refractivity contribution in [2.24, 2.45) is 5.41 Å². The van der Waals surface area contributed by atoms with Gasteiger partial charge >= 0.3 is 6.09 Å². The summed E-state index contributed by atoms with van der Waals surface area (Å²) in [5.41, 5.74) is -0.314. The number of carbonyl (C=O) groups is 2. The Kier molecular flexibility index (Phi) is 7.82. The standard InChI is InChI=1S/C22H32N2O3/c1-8-15-24(16-17-13-11-10-12-14-17)19(25)18(22(6,7)9-2)23-20(26)27-21(3,4)5/h8-14,18H,1-2,15-16H2,3-7H3,(H,23,26)/t18-/m0/s1. The first-order valence-corrected chi connectivity index (χ1v) is 9.07. The first kappa shape index (κ1) is 22.5. The number of carbonyl (C=O) groups excluding carboxylic acids is 2. The van der Waals surface area contributed by atoms with Crippen LogP contribution < -0.4 is 5.32 Å². The van der Waals surface area contributed by atoms with Crippen molar-refractivity contribution < 1.29 is 14.3 Å². The normalized spacial score (nSPS) is 12.6. The highest BCUT2D eigenvalue weighted by Gasteiger charge is 2.37. The molecule has 0 aliphatic carbocycles. The Balaban J connectivity index is 3.09. The molecule has 2 amide bonds. The minimum absolute atomic E-state index is 0.213. The Morgan fingerprint density at radius 3 is 2.22 bits per heavy atom. The van der Waals surface area contributed by atoms with Crippen molar-refractivity contribution in [3.8, 4) is 0 Å². The summed E-state index contributed by atoms with van der Waals surface area (Å²) in [6.45, 7) is 17.4. The molecule has 0 bridgehead atoms. The molecular weight excluding hydrogens is 340 g/mol. The van der Waals surface area contributed by atoms with Crippen LogP contribution in [-0.2, 0) is 16.1 Å². The van der Waals surface area contributed by atoms with Gasteiger partial charge in [-0.15, -0.1) is 13.2 Å². The van der Waals surface area contributed by atoms with Crippen LogP contribution in [-0.4, -0.2) is 35.1 Å². The Morgan fingerprint density at radius 1 is 1.15 bits per heavy atom. The van der Waals surface area contributed by atoms with Gasteiger partial charge in [-0.1, -0.05) is 56.3 Å². The van der Waals surface area contributed by atoms with Crippen LogP contribution in [0.1, 0.15) is 40.2 Å². The number of hydrogen-bond donors (Lipinski definition) is 1. The van der Waals surface area contributed by atoms with E-state index in [0.29, 0.717) is 13.1 Å². The van der Waals surface area contributed by atoms with Crippen LogP contribution in [0.25, 0.3) is 0 Å². The van der Waals surface area contributed by atoms with Crippen LogP contribution in [0.2, 0.25) is 0 Å². The van der Waals surface area contributed by atoms with Crippen molar-refractivity contribution in [1.29, 1.82) is 0 Å². The van der Waals surface area contributed by atoms with Gasteiger partial charge in [-0.05, 0) is 26.3 Å². The molecule has 0 heterocycles. The smallest absolute Gasteiger partial charge is 0.408 e. The molecule has 0 aromatic heterocycles. The fourth-order valence-electron chi connectivity index (χ4n) is 2.48. The van der Waals surface area contributed by atoms with Crippen molar-refractivity contribution >= 4 is 12.0 Å². The summed E-state index contributed by atoms with van der Waals surface area (Å²) in [4.78, 5) is 27.3. The van der Waals surface area contributed by atoms with Crippen molar-refractivity contribution in [2.45, 2.75) is 52.8 Å². The SMILES string of the molecule is C=CCN(Cc1ccccc1)C(=O)[C@H](NC(=O)OC(C)(C)C)C(C)(C)C=C. The molecule has 1 N–H and O–H groups in total. The lowest BCUT2D eigenvalue weighted by Crippen LogP contribution is -2.55. The average Bonchev–Trinajstić information content (AvgIpc) is 2.58. The van der Waals surface area contributed by atoms with Crippen molar-refractivity contribution in [2.75, 3.05) is 6.54 Å². The molecule has 0 radical (unpaired) electrons. The molecule has 0 saturated carbocycles. The van der Waals surface area contributed by atoms with E-state index in [9.17, 15) is 9.59 Å². The van der Waals surface area contributed by atoms with Crippen molar-refractivity contribution in [1.82, 2.24) is 10.2 Å². The average molecular weight is 373 g/mol. The molecule has 0 spiro atoms. The summed E-state index contributed by atoms with van der Waals surface area (Å²) in [6, 6.07) is 8.88. The molecule has 1 atom stereocenters. The van der Waals surface area contributed by atoms with Gasteiger partial charge in [0, 0.05) is 18.5 Å². The Morgan fingerprint density at radius 2 is 1.74 bits per heavy atom. The predicted molar refractivity (Wildman–Crippen MR) is 109 cm³/mol. The van der Waals surface area contributed by atoms with E-state index in [1.54, 1.807) is 37.8 Å². The van der Waals surface area contributed by atoms with E-state index in [0.717, 1.165) is 5.56 Å². The van der Waals surface area contributed by atoms with E-state index in [4.69, 9.17) is 4.74 Å². The highest BCUT2D eigenvalue weighted by Crippen LogP contribution is 2.25. The summed E-state index contributed by atoms with van der Waals surface area (Å²) in [7, 11) is 0. The van der Waals surface area contributed by atoms with Crippen molar-refractivity contribution in [3.05, 3.63) is 61.2 Å². The number of amides is 2. The third kappa shape index (κ3) is 7.29. The highest BCUT2D eigenvalue weighted by molar-refractivity contribution is 5.87. The van der Waals surface area contributed by atoms with Crippen LogP contribution in [0.4, 0.5) is 4.79 Å². The lowest BCUT2D eigenvalue weighted by Gasteiger charge is -2.35. The zero-order valence-electron chi connectivity index (χ0n) is 17.1. The number of nitrogens with zero attached hydrogens (tertiary/aromatic N) is 1. The second kappa shape index (κ2) is 9.40. The Labute approximate surface area is 163 Å². The van der Waals surface area contributed by atoms with Gasteiger partial charge in [-0.2, -0.15) is 0 Å².